The summed E-state index contributed by atoms with van der Waals surface area (Å²) in [6.45, 7) is 7.74. The first kappa shape index (κ1) is 34.4. The zero-order valence-corrected chi connectivity index (χ0v) is 24.8. The van der Waals surface area contributed by atoms with Crippen LogP contribution < -0.4 is 11.6 Å². The second-order valence-corrected chi connectivity index (χ2v) is 10.1. The first-order valence-corrected chi connectivity index (χ1v) is 13.6. The largest absolute Gasteiger partial charge is 0.483 e. The number of hydrogen-bond acceptors (Lipinski definition) is 9. The quantitative estimate of drug-likeness (QED) is 0.0330. The number of nitrogens with zero attached hydrogens (tertiary/aromatic N) is 5. The predicted molar refractivity (Wildman–Crippen MR) is 160 cm³/mol. The summed E-state index contributed by atoms with van der Waals surface area (Å²) in [6.07, 6.45) is 1.79. The van der Waals surface area contributed by atoms with Gasteiger partial charge >= 0.3 is 0 Å². The smallest absolute Gasteiger partial charge is 0.294 e. The molecule has 232 valence electrons. The molecule has 14 heteroatoms. The van der Waals surface area contributed by atoms with Crippen molar-refractivity contribution in [3.63, 3.8) is 0 Å². The van der Waals surface area contributed by atoms with Crippen molar-refractivity contribution in [3.05, 3.63) is 87.0 Å². The number of aryl methyl sites for hydroxylation is 1. The van der Waals surface area contributed by atoms with Gasteiger partial charge in [0, 0.05) is 30.6 Å². The molecule has 0 aliphatic carbocycles. The molecule has 0 bridgehead atoms. The first-order valence-electron chi connectivity index (χ1n) is 13.6. The van der Waals surface area contributed by atoms with Gasteiger partial charge in [-0.3, -0.25) is 9.59 Å². The van der Waals surface area contributed by atoms with Gasteiger partial charge in [0.05, 0.1) is 12.3 Å². The fourth-order valence-electron chi connectivity index (χ4n) is 4.43. The molecule has 0 spiro atoms. The summed E-state index contributed by atoms with van der Waals surface area (Å²) in [4.78, 5) is 39.8. The van der Waals surface area contributed by atoms with E-state index in [1.807, 2.05) is 49.4 Å². The highest BCUT2D eigenvalue weighted by molar-refractivity contribution is 6.03. The molecule has 0 fully saturated rings. The Kier molecular flexibility index (Phi) is 12.8. The molecule has 14 nitrogen and oxygen atoms in total. The topological polar surface area (TPSA) is 212 Å². The summed E-state index contributed by atoms with van der Waals surface area (Å²) in [7, 11) is 0. The molecule has 43 heavy (non-hydrogen) atoms. The molecular weight excluding hydrogens is 558 g/mol. The molecule has 1 amide bonds. The van der Waals surface area contributed by atoms with Gasteiger partial charge in [0.2, 0.25) is 0 Å². The van der Waals surface area contributed by atoms with Gasteiger partial charge < -0.3 is 25.4 Å². The number of imidazole rings is 1. The van der Waals surface area contributed by atoms with Gasteiger partial charge in [-0.15, -0.1) is 15.2 Å². The molecule has 3 aromatic rings. The third-order valence-electron chi connectivity index (χ3n) is 6.36. The van der Waals surface area contributed by atoms with E-state index in [9.17, 15) is 20.0 Å². The Morgan fingerprint density at radius 3 is 2.44 bits per heavy atom. The molecule has 2 aromatic carbocycles. The van der Waals surface area contributed by atoms with E-state index in [0.717, 1.165) is 41.1 Å². The van der Waals surface area contributed by atoms with Gasteiger partial charge in [0.15, 0.2) is 5.84 Å². The lowest BCUT2D eigenvalue weighted by Crippen LogP contribution is -2.35. The lowest BCUT2D eigenvalue weighted by molar-refractivity contribution is -0.757. The first-order chi connectivity index (χ1) is 20.3. The number of hydrazine groups is 1. The predicted octanol–water partition coefficient (Wildman–Crippen LogP) is 3.10. The van der Waals surface area contributed by atoms with E-state index in [0.29, 0.717) is 22.9 Å². The van der Waals surface area contributed by atoms with E-state index in [-0.39, 0.29) is 31.8 Å². The zero-order valence-electron chi connectivity index (χ0n) is 24.8. The van der Waals surface area contributed by atoms with Crippen LogP contribution in [0, 0.1) is 17.0 Å². The van der Waals surface area contributed by atoms with Crippen LogP contribution in [0.3, 0.4) is 0 Å². The van der Waals surface area contributed by atoms with Crippen LogP contribution in [-0.2, 0) is 33.0 Å². The zero-order chi connectivity index (χ0) is 32.2. The number of nitrogens with two attached hydrogens (primary N) is 2. The third kappa shape index (κ3) is 9.90. The van der Waals surface area contributed by atoms with Crippen molar-refractivity contribution in [1.29, 1.82) is 0 Å². The monoisotopic (exact) mass is 597 g/mol. The Balaban J connectivity index is 0.00000206. The molecule has 0 unspecified atom stereocenters. The Labute approximate surface area is 249 Å². The van der Waals surface area contributed by atoms with E-state index in [4.69, 9.17) is 26.5 Å². The Morgan fingerprint density at radius 1 is 1.23 bits per heavy atom. The number of aliphatic hydroxyl groups is 1. The Bertz CT molecular complexity index is 1410. The molecule has 1 heterocycles. The summed E-state index contributed by atoms with van der Waals surface area (Å²) in [5.74, 6) is 6.21. The van der Waals surface area contributed by atoms with E-state index < -0.39 is 16.6 Å². The summed E-state index contributed by atoms with van der Waals surface area (Å²) in [5.41, 5.74) is 10.2. The van der Waals surface area contributed by atoms with Gasteiger partial charge in [-0.2, -0.15) is 5.12 Å². The van der Waals surface area contributed by atoms with E-state index in [1.54, 1.807) is 19.9 Å². The van der Waals surface area contributed by atoms with Crippen molar-refractivity contribution >= 4 is 18.2 Å². The van der Waals surface area contributed by atoms with Gasteiger partial charge in [0.25, 0.3) is 17.5 Å². The number of carbonyl (C=O) groups excluding carboxylic acids is 1. The molecule has 0 aliphatic rings. The van der Waals surface area contributed by atoms with Crippen LogP contribution in [0.25, 0.3) is 11.1 Å². The van der Waals surface area contributed by atoms with Gasteiger partial charge in [-0.1, -0.05) is 55.5 Å². The van der Waals surface area contributed by atoms with Crippen LogP contribution in [0.2, 0.25) is 0 Å². The SMILES string of the molecule is CCCc1nc(C(C)(C)O)c(C)n1Cc1ccc(-c2ccccc2/C(N)=N/N(N)C(=O)CCCO[N+](=O)[O-])cc1.O=CO. The minimum Gasteiger partial charge on any atom is -0.483 e. The number of hydrogen-bond donors (Lipinski definition) is 4. The molecule has 0 saturated heterocycles. The van der Waals surface area contributed by atoms with Crippen LogP contribution in [0.4, 0.5) is 0 Å². The van der Waals surface area contributed by atoms with Crippen LogP contribution in [0.5, 0.6) is 0 Å². The van der Waals surface area contributed by atoms with Crippen LogP contribution in [0.1, 0.15) is 68.4 Å². The summed E-state index contributed by atoms with van der Waals surface area (Å²) in [5, 5.41) is 31.4. The maximum Gasteiger partial charge on any atom is 0.294 e. The van der Waals surface area contributed by atoms with Gasteiger partial charge in [0.1, 0.15) is 11.4 Å². The van der Waals surface area contributed by atoms with E-state index in [2.05, 4.69) is 21.4 Å². The average molecular weight is 598 g/mol. The molecule has 0 atom stereocenters. The van der Waals surface area contributed by atoms with Crippen molar-refractivity contribution < 1.29 is 29.7 Å². The van der Waals surface area contributed by atoms with E-state index in [1.165, 1.54) is 0 Å². The molecule has 0 saturated carbocycles. The fraction of sp³-hybridized carbons (Fsp3) is 0.379. The van der Waals surface area contributed by atoms with Crippen molar-refractivity contribution in [2.24, 2.45) is 16.7 Å². The third-order valence-corrected chi connectivity index (χ3v) is 6.36. The highest BCUT2D eigenvalue weighted by Gasteiger charge is 2.25. The molecular formula is C29H39N7O7. The molecule has 3 rings (SSSR count). The second kappa shape index (κ2) is 16.0. The summed E-state index contributed by atoms with van der Waals surface area (Å²) < 4.78 is 2.15. The van der Waals surface area contributed by atoms with Gasteiger partial charge in [-0.25, -0.2) is 10.8 Å². The number of carbonyl (C=O) groups is 2. The summed E-state index contributed by atoms with van der Waals surface area (Å²) >= 11 is 0. The number of rotatable bonds is 13. The van der Waals surface area contributed by atoms with E-state index >= 15 is 0 Å². The molecule has 6 N–H and O–H groups in total. The number of hydrazone groups is 1. The van der Waals surface area contributed by atoms with Crippen LogP contribution in [-0.4, -0.2) is 54.8 Å². The van der Waals surface area contributed by atoms with Crippen molar-refractivity contribution in [3.8, 4) is 11.1 Å². The number of amides is 1. The molecule has 1 aromatic heterocycles. The number of benzene rings is 2. The lowest BCUT2D eigenvalue weighted by Gasteiger charge is -2.16. The Hall–Kier alpha value is -4.82. The minimum absolute atomic E-state index is 0.0504. The fourth-order valence-corrected chi connectivity index (χ4v) is 4.43. The highest BCUT2D eigenvalue weighted by Crippen LogP contribution is 2.27. The number of carboxylic acid groups (broad SMARTS) is 1. The molecule has 0 aliphatic heterocycles. The number of aromatic nitrogens is 2. The number of amidine groups is 1. The van der Waals surface area contributed by atoms with Crippen molar-refractivity contribution in [2.75, 3.05) is 6.61 Å². The van der Waals surface area contributed by atoms with Crippen molar-refractivity contribution in [1.82, 2.24) is 14.7 Å². The lowest BCUT2D eigenvalue weighted by atomic mass is 9.98. The van der Waals surface area contributed by atoms with Gasteiger partial charge in [-0.05, 0) is 50.3 Å². The Morgan fingerprint density at radius 2 is 1.86 bits per heavy atom. The maximum atomic E-state index is 12.2. The van der Waals surface area contributed by atoms with Crippen LogP contribution in [0.15, 0.2) is 53.6 Å². The second-order valence-electron chi connectivity index (χ2n) is 10.1. The maximum absolute atomic E-state index is 12.2. The average Bonchev–Trinajstić information content (AvgIpc) is 3.27. The standard InChI is InChI=1S/C28H37N7O5.CH2O2/c1-5-9-24-31-26(28(3,4)37)19(2)33(24)18-20-13-15-21(16-14-20)22-10-6-7-11-23(22)27(29)32-34(30)25(36)12-8-17-40-35(38)39;2-1-3/h6-7,10-11,13-16,37H,5,8-9,12,17-18,30H2,1-4H3,(H2,29,32);1H,(H,2,3). The van der Waals surface area contributed by atoms with Crippen LogP contribution >= 0.6 is 0 Å². The molecule has 0 radical (unpaired) electrons. The summed E-state index contributed by atoms with van der Waals surface area (Å²) in [6, 6.07) is 15.4. The highest BCUT2D eigenvalue weighted by atomic mass is 16.9. The minimum atomic E-state index is -1.03. The normalized spacial score (nSPS) is 11.3. The van der Waals surface area contributed by atoms with Crippen molar-refractivity contribution in [2.45, 2.75) is 65.5 Å².